The van der Waals surface area contributed by atoms with E-state index in [-0.39, 0.29) is 16.8 Å². The highest BCUT2D eigenvalue weighted by molar-refractivity contribution is 6.08. The first-order chi connectivity index (χ1) is 15.0. The molecule has 0 bridgehead atoms. The Kier molecular flexibility index (Phi) is 5.95. The van der Waals surface area contributed by atoms with Crippen molar-refractivity contribution in [2.75, 3.05) is 38.1 Å². The molecule has 1 aliphatic heterocycles. The van der Waals surface area contributed by atoms with Gasteiger partial charge in [0.2, 0.25) is 5.43 Å². The van der Waals surface area contributed by atoms with Gasteiger partial charge in [-0.3, -0.25) is 9.59 Å². The van der Waals surface area contributed by atoms with Crippen LogP contribution in [0.3, 0.4) is 0 Å². The summed E-state index contributed by atoms with van der Waals surface area (Å²) < 4.78 is 16.7. The molecule has 3 aromatic rings. The summed E-state index contributed by atoms with van der Waals surface area (Å²) in [6.45, 7) is 5.38. The Hall–Kier alpha value is -3.32. The van der Waals surface area contributed by atoms with Crippen molar-refractivity contribution in [3.05, 3.63) is 75.8 Å². The molecule has 160 valence electrons. The number of aryl methyl sites for hydroxylation is 1. The van der Waals surface area contributed by atoms with E-state index in [2.05, 4.69) is 9.88 Å². The van der Waals surface area contributed by atoms with Gasteiger partial charge in [0.15, 0.2) is 17.4 Å². The third-order valence-electron chi connectivity index (χ3n) is 5.62. The fourth-order valence-corrected chi connectivity index (χ4v) is 3.76. The number of halogens is 1. The molecule has 0 saturated carbocycles. The van der Waals surface area contributed by atoms with Crippen molar-refractivity contribution in [1.82, 2.24) is 14.5 Å². The van der Waals surface area contributed by atoms with Crippen molar-refractivity contribution in [3.8, 4) is 0 Å². The fraction of sp³-hybridized carbons (Fsp3) is 0.292. The molecule has 1 aliphatic rings. The number of allylic oxidation sites excluding steroid dienone is 1. The molecule has 0 N–H and O–H groups in total. The van der Waals surface area contributed by atoms with Crippen molar-refractivity contribution in [3.63, 3.8) is 0 Å². The summed E-state index contributed by atoms with van der Waals surface area (Å²) in [6.07, 6.45) is 4.57. The molecule has 0 radical (unpaired) electrons. The largest absolute Gasteiger partial charge is 0.352 e. The first-order valence-electron chi connectivity index (χ1n) is 10.4. The van der Waals surface area contributed by atoms with Crippen LogP contribution in [0.1, 0.15) is 22.8 Å². The molecule has 0 aliphatic carbocycles. The standard InChI is InChI=1S/C24H25FN4O2/c1-3-28-16-19(21(30)10-9-17-7-5-4-6-8-17)22(31)18-15-20(25)24(26-23(18)28)29-13-11-27(2)12-14-29/h4-10,15-16H,3,11-14H2,1-2H3. The Labute approximate surface area is 180 Å². The SMILES string of the molecule is CCn1cc(C(=O)C=Cc2ccccc2)c(=O)c2cc(F)c(N3CCN(C)CC3)nc21. The molecule has 4 rings (SSSR count). The van der Waals surface area contributed by atoms with Crippen LogP contribution >= 0.6 is 0 Å². The Morgan fingerprint density at radius 3 is 2.55 bits per heavy atom. The van der Waals surface area contributed by atoms with Gasteiger partial charge in [0, 0.05) is 38.9 Å². The van der Waals surface area contributed by atoms with Crippen molar-refractivity contribution < 1.29 is 9.18 Å². The summed E-state index contributed by atoms with van der Waals surface area (Å²) in [4.78, 5) is 34.4. The monoisotopic (exact) mass is 420 g/mol. The van der Waals surface area contributed by atoms with Crippen LogP contribution in [0.4, 0.5) is 10.2 Å². The van der Waals surface area contributed by atoms with Crippen LogP contribution in [0.5, 0.6) is 0 Å². The molecule has 6 nitrogen and oxygen atoms in total. The van der Waals surface area contributed by atoms with Crippen molar-refractivity contribution in [2.24, 2.45) is 0 Å². The fourth-order valence-electron chi connectivity index (χ4n) is 3.76. The van der Waals surface area contributed by atoms with Gasteiger partial charge in [-0.2, -0.15) is 0 Å². The number of anilines is 1. The molecule has 2 aromatic heterocycles. The molecule has 1 saturated heterocycles. The third kappa shape index (κ3) is 4.27. The minimum atomic E-state index is -0.541. The predicted octanol–water partition coefficient (Wildman–Crippen LogP) is 3.20. The van der Waals surface area contributed by atoms with E-state index in [4.69, 9.17) is 0 Å². The quantitative estimate of drug-likeness (QED) is 0.469. The van der Waals surface area contributed by atoms with Gasteiger partial charge in [-0.05, 0) is 31.7 Å². The average Bonchev–Trinajstić information content (AvgIpc) is 2.79. The highest BCUT2D eigenvalue weighted by Gasteiger charge is 2.22. The number of nitrogens with zero attached hydrogens (tertiary/aromatic N) is 4. The van der Waals surface area contributed by atoms with Gasteiger partial charge < -0.3 is 14.4 Å². The molecule has 3 heterocycles. The van der Waals surface area contributed by atoms with Gasteiger partial charge in [-0.15, -0.1) is 0 Å². The number of pyridine rings is 2. The molecule has 0 atom stereocenters. The molecule has 1 aromatic carbocycles. The van der Waals surface area contributed by atoms with E-state index < -0.39 is 17.0 Å². The summed E-state index contributed by atoms with van der Waals surface area (Å²) in [5.74, 6) is -0.701. The van der Waals surface area contributed by atoms with Crippen LogP contribution in [-0.2, 0) is 6.54 Å². The lowest BCUT2D eigenvalue weighted by atomic mass is 10.1. The van der Waals surface area contributed by atoms with Crippen molar-refractivity contribution in [2.45, 2.75) is 13.5 Å². The Morgan fingerprint density at radius 1 is 1.16 bits per heavy atom. The van der Waals surface area contributed by atoms with E-state index in [0.29, 0.717) is 25.3 Å². The van der Waals surface area contributed by atoms with Crippen LogP contribution in [0.2, 0.25) is 0 Å². The smallest absolute Gasteiger partial charge is 0.202 e. The normalized spacial score (nSPS) is 15.1. The third-order valence-corrected chi connectivity index (χ3v) is 5.62. The number of benzene rings is 1. The number of rotatable bonds is 5. The predicted molar refractivity (Wildman–Crippen MR) is 121 cm³/mol. The van der Waals surface area contributed by atoms with Crippen LogP contribution in [0, 0.1) is 5.82 Å². The molecule has 1 fully saturated rings. The lowest BCUT2D eigenvalue weighted by molar-refractivity contribution is 0.104. The Bertz CT molecular complexity index is 1200. The molecule has 31 heavy (non-hydrogen) atoms. The van der Waals surface area contributed by atoms with E-state index in [1.807, 2.05) is 49.2 Å². The Morgan fingerprint density at radius 2 is 1.87 bits per heavy atom. The highest BCUT2D eigenvalue weighted by Crippen LogP contribution is 2.22. The summed E-state index contributed by atoms with van der Waals surface area (Å²) in [5, 5.41) is 0.121. The number of piperazine rings is 1. The number of aromatic nitrogens is 2. The molecule has 7 heteroatoms. The van der Waals surface area contributed by atoms with Gasteiger partial charge in [0.1, 0.15) is 5.65 Å². The summed E-state index contributed by atoms with van der Waals surface area (Å²) in [6, 6.07) is 10.6. The number of carbonyl (C=O) groups excluding carboxylic acids is 1. The maximum Gasteiger partial charge on any atom is 0.202 e. The first kappa shape index (κ1) is 20.9. The highest BCUT2D eigenvalue weighted by atomic mass is 19.1. The van der Waals surface area contributed by atoms with Crippen LogP contribution in [0.25, 0.3) is 17.1 Å². The summed E-state index contributed by atoms with van der Waals surface area (Å²) in [7, 11) is 2.03. The number of likely N-dealkylation sites (N-methyl/N-ethyl adjacent to an activating group) is 1. The first-order valence-corrected chi connectivity index (χ1v) is 10.4. The number of hydrogen-bond donors (Lipinski definition) is 0. The zero-order valence-corrected chi connectivity index (χ0v) is 17.7. The minimum Gasteiger partial charge on any atom is -0.352 e. The Balaban J connectivity index is 1.75. The average molecular weight is 420 g/mol. The van der Waals surface area contributed by atoms with Gasteiger partial charge in [0.05, 0.1) is 10.9 Å². The lowest BCUT2D eigenvalue weighted by Gasteiger charge is -2.33. The van der Waals surface area contributed by atoms with Crippen LogP contribution in [-0.4, -0.2) is 53.5 Å². The second-order valence-electron chi connectivity index (χ2n) is 7.72. The number of ketones is 1. The van der Waals surface area contributed by atoms with Gasteiger partial charge in [-0.1, -0.05) is 36.4 Å². The van der Waals surface area contributed by atoms with E-state index in [0.717, 1.165) is 18.7 Å². The molecular weight excluding hydrogens is 395 g/mol. The van der Waals surface area contributed by atoms with Crippen molar-refractivity contribution >= 4 is 28.7 Å². The van der Waals surface area contributed by atoms with E-state index in [9.17, 15) is 14.0 Å². The maximum absolute atomic E-state index is 15.0. The zero-order chi connectivity index (χ0) is 22.0. The summed E-state index contributed by atoms with van der Waals surface area (Å²) in [5.41, 5.74) is 0.761. The molecular formula is C24H25FN4O2. The molecule has 0 unspecified atom stereocenters. The number of hydrogen-bond acceptors (Lipinski definition) is 5. The number of fused-ring (bicyclic) bond motifs is 1. The molecule has 0 spiro atoms. The minimum absolute atomic E-state index is 0.00933. The lowest BCUT2D eigenvalue weighted by Crippen LogP contribution is -2.45. The maximum atomic E-state index is 15.0. The topological polar surface area (TPSA) is 58.4 Å². The van der Waals surface area contributed by atoms with Gasteiger partial charge in [0.25, 0.3) is 0 Å². The van der Waals surface area contributed by atoms with E-state index in [1.165, 1.54) is 18.3 Å². The second-order valence-corrected chi connectivity index (χ2v) is 7.72. The number of carbonyl (C=O) groups is 1. The van der Waals surface area contributed by atoms with E-state index >= 15 is 0 Å². The molecule has 0 amide bonds. The van der Waals surface area contributed by atoms with Crippen molar-refractivity contribution in [1.29, 1.82) is 0 Å². The van der Waals surface area contributed by atoms with E-state index in [1.54, 1.807) is 10.6 Å². The second kappa shape index (κ2) is 8.81. The summed E-state index contributed by atoms with van der Waals surface area (Å²) >= 11 is 0. The van der Waals surface area contributed by atoms with Crippen LogP contribution < -0.4 is 10.3 Å². The van der Waals surface area contributed by atoms with Crippen LogP contribution in [0.15, 0.2) is 53.5 Å². The van der Waals surface area contributed by atoms with Gasteiger partial charge >= 0.3 is 0 Å². The van der Waals surface area contributed by atoms with Gasteiger partial charge in [-0.25, -0.2) is 9.37 Å². The zero-order valence-electron chi connectivity index (χ0n) is 17.7.